The fraction of sp³-hybridized carbons (Fsp3) is 0.529. The highest BCUT2D eigenvalue weighted by Gasteiger charge is 2.40. The van der Waals surface area contributed by atoms with E-state index in [4.69, 9.17) is 26.9 Å². The van der Waals surface area contributed by atoms with Gasteiger partial charge in [-0.2, -0.15) is 0 Å². The van der Waals surface area contributed by atoms with Crippen LogP contribution in [0.1, 0.15) is 37.7 Å². The Balaban J connectivity index is 1.60. The van der Waals surface area contributed by atoms with Gasteiger partial charge in [0.15, 0.2) is 5.84 Å². The fourth-order valence-corrected chi connectivity index (χ4v) is 4.08. The van der Waals surface area contributed by atoms with E-state index in [2.05, 4.69) is 5.16 Å². The van der Waals surface area contributed by atoms with Crippen LogP contribution in [0, 0.1) is 17.8 Å². The minimum atomic E-state index is -0.327. The third kappa shape index (κ3) is 3.61. The average Bonchev–Trinajstić information content (AvgIpc) is 3.15. The maximum Gasteiger partial charge on any atom is 0.335 e. The number of benzene rings is 1. The highest BCUT2D eigenvalue weighted by molar-refractivity contribution is 6.31. The number of oxime groups is 1. The van der Waals surface area contributed by atoms with Crippen molar-refractivity contribution in [1.82, 2.24) is 0 Å². The van der Waals surface area contributed by atoms with Crippen LogP contribution in [0.4, 0.5) is 0 Å². The van der Waals surface area contributed by atoms with Gasteiger partial charge in [0, 0.05) is 5.02 Å². The fourth-order valence-electron chi connectivity index (χ4n) is 3.91. The molecule has 2 N–H and O–H groups in total. The first-order valence-electron chi connectivity index (χ1n) is 7.94. The van der Waals surface area contributed by atoms with Gasteiger partial charge >= 0.3 is 5.97 Å². The molecule has 1 aromatic rings. The Morgan fingerprint density at radius 2 is 2.22 bits per heavy atom. The van der Waals surface area contributed by atoms with Gasteiger partial charge < -0.3 is 15.3 Å². The molecule has 1 aromatic carbocycles. The van der Waals surface area contributed by atoms with Crippen molar-refractivity contribution in [3.05, 3.63) is 28.8 Å². The number of hydrogen-bond acceptors (Lipinski definition) is 4. The summed E-state index contributed by atoms with van der Waals surface area (Å²) in [6.45, 7) is 0. The van der Waals surface area contributed by atoms with Gasteiger partial charge in [0.1, 0.15) is 5.75 Å². The van der Waals surface area contributed by atoms with Gasteiger partial charge in [-0.25, -0.2) is 4.79 Å². The number of ether oxygens (including phenoxy) is 1. The maximum absolute atomic E-state index is 12.0. The third-order valence-electron chi connectivity index (χ3n) is 5.00. The lowest BCUT2D eigenvalue weighted by atomic mass is 9.86. The van der Waals surface area contributed by atoms with Gasteiger partial charge in [0.2, 0.25) is 0 Å². The third-order valence-corrected chi connectivity index (χ3v) is 5.23. The lowest BCUT2D eigenvalue weighted by Crippen LogP contribution is -2.19. The van der Waals surface area contributed by atoms with Crippen molar-refractivity contribution in [3.8, 4) is 5.75 Å². The Morgan fingerprint density at radius 3 is 2.87 bits per heavy atom. The molecule has 0 aliphatic heterocycles. The molecule has 23 heavy (non-hydrogen) atoms. The normalized spacial score (nSPS) is 26.3. The summed E-state index contributed by atoms with van der Waals surface area (Å²) in [5, 5.41) is 4.26. The van der Waals surface area contributed by atoms with E-state index in [1.807, 2.05) is 0 Å². The molecule has 3 atom stereocenters. The molecule has 0 heterocycles. The first kappa shape index (κ1) is 16.1. The molecule has 3 rings (SSSR count). The highest BCUT2D eigenvalue weighted by Crippen LogP contribution is 2.49. The summed E-state index contributed by atoms with van der Waals surface area (Å²) in [6.07, 6.45) is 5.39. The number of hydrogen-bond donors (Lipinski definition) is 1. The second-order valence-electron chi connectivity index (χ2n) is 6.42. The molecule has 2 aliphatic rings. The van der Waals surface area contributed by atoms with Crippen molar-refractivity contribution in [3.63, 3.8) is 0 Å². The topological polar surface area (TPSA) is 73.9 Å². The molecule has 0 saturated heterocycles. The van der Waals surface area contributed by atoms with Gasteiger partial charge in [0.05, 0.1) is 19.1 Å². The van der Waals surface area contributed by atoms with Crippen LogP contribution in [0.25, 0.3) is 0 Å². The zero-order chi connectivity index (χ0) is 16.4. The van der Waals surface area contributed by atoms with Crippen LogP contribution < -0.4 is 10.5 Å². The standard InChI is InChI=1S/C17H21ClN2O3/c1-22-15-5-4-13(18)9-14(15)17(19)20-23-16(21)8-12-7-10-2-3-11(12)6-10/h4-5,9-12H,2-3,6-8H2,1H3,(H2,19,20)/t10-,11+,12-/m0/s1. The lowest BCUT2D eigenvalue weighted by Gasteiger charge is -2.19. The van der Waals surface area contributed by atoms with Crippen molar-refractivity contribution in [1.29, 1.82) is 0 Å². The second kappa shape index (κ2) is 6.79. The van der Waals surface area contributed by atoms with E-state index in [0.717, 1.165) is 12.3 Å². The SMILES string of the molecule is COc1ccc(Cl)cc1/C(N)=N\OC(=O)C[C@@H]1C[C@H]2CC[C@@H]1C2. The molecule has 0 aromatic heterocycles. The molecule has 0 radical (unpaired) electrons. The Kier molecular flexibility index (Phi) is 4.76. The monoisotopic (exact) mass is 336 g/mol. The quantitative estimate of drug-likeness (QED) is 0.387. The van der Waals surface area contributed by atoms with Crippen molar-refractivity contribution in [2.45, 2.75) is 32.1 Å². The number of rotatable bonds is 5. The summed E-state index contributed by atoms with van der Waals surface area (Å²) >= 11 is 5.96. The van der Waals surface area contributed by atoms with E-state index in [-0.39, 0.29) is 11.8 Å². The molecular weight excluding hydrogens is 316 g/mol. The number of fused-ring (bicyclic) bond motifs is 2. The number of nitrogens with zero attached hydrogens (tertiary/aromatic N) is 1. The number of methoxy groups -OCH3 is 1. The van der Waals surface area contributed by atoms with E-state index in [1.54, 1.807) is 18.2 Å². The molecule has 0 unspecified atom stereocenters. The molecule has 2 bridgehead atoms. The van der Waals surface area contributed by atoms with Crippen molar-refractivity contribution < 1.29 is 14.4 Å². The van der Waals surface area contributed by atoms with Gasteiger partial charge in [0.25, 0.3) is 0 Å². The first-order valence-corrected chi connectivity index (χ1v) is 8.32. The van der Waals surface area contributed by atoms with Gasteiger partial charge in [-0.3, -0.25) is 0 Å². The van der Waals surface area contributed by atoms with E-state index in [1.165, 1.54) is 26.4 Å². The summed E-state index contributed by atoms with van der Waals surface area (Å²) in [4.78, 5) is 17.0. The summed E-state index contributed by atoms with van der Waals surface area (Å²) in [7, 11) is 1.53. The molecule has 5 nitrogen and oxygen atoms in total. The molecule has 0 amide bonds. The van der Waals surface area contributed by atoms with Crippen molar-refractivity contribution in [2.75, 3.05) is 7.11 Å². The molecule has 2 fully saturated rings. The Morgan fingerprint density at radius 1 is 1.39 bits per heavy atom. The predicted octanol–water partition coefficient (Wildman–Crippen LogP) is 3.34. The second-order valence-corrected chi connectivity index (χ2v) is 6.86. The maximum atomic E-state index is 12.0. The van der Waals surface area contributed by atoms with Crippen LogP contribution in [-0.2, 0) is 9.63 Å². The van der Waals surface area contributed by atoms with Crippen LogP contribution >= 0.6 is 11.6 Å². The van der Waals surface area contributed by atoms with Gasteiger partial charge in [-0.1, -0.05) is 23.2 Å². The molecule has 124 valence electrons. The zero-order valence-electron chi connectivity index (χ0n) is 13.1. The summed E-state index contributed by atoms with van der Waals surface area (Å²) < 4.78 is 5.21. The summed E-state index contributed by atoms with van der Waals surface area (Å²) in [5.74, 6) is 2.21. The molecular formula is C17H21ClN2O3. The van der Waals surface area contributed by atoms with Crippen molar-refractivity contribution >= 4 is 23.4 Å². The molecule has 6 heteroatoms. The van der Waals surface area contributed by atoms with Gasteiger partial charge in [-0.15, -0.1) is 0 Å². The van der Waals surface area contributed by atoms with E-state index < -0.39 is 0 Å². The zero-order valence-corrected chi connectivity index (χ0v) is 13.9. The number of halogens is 1. The van der Waals surface area contributed by atoms with E-state index in [9.17, 15) is 4.79 Å². The van der Waals surface area contributed by atoms with Crippen LogP contribution in [0.2, 0.25) is 5.02 Å². The first-order chi connectivity index (χ1) is 11.1. The van der Waals surface area contributed by atoms with Crippen molar-refractivity contribution in [2.24, 2.45) is 28.6 Å². The molecule has 2 aliphatic carbocycles. The number of carbonyl (C=O) groups is 1. The van der Waals surface area contributed by atoms with Crippen LogP contribution in [0.3, 0.4) is 0 Å². The Labute approximate surface area is 140 Å². The van der Waals surface area contributed by atoms with E-state index in [0.29, 0.717) is 34.6 Å². The van der Waals surface area contributed by atoms with E-state index >= 15 is 0 Å². The molecule has 0 spiro atoms. The average molecular weight is 337 g/mol. The summed E-state index contributed by atoms with van der Waals surface area (Å²) in [5.41, 5.74) is 6.40. The number of amidine groups is 1. The molecule has 2 saturated carbocycles. The minimum Gasteiger partial charge on any atom is -0.496 e. The Hall–Kier alpha value is -1.75. The van der Waals surface area contributed by atoms with Crippen LogP contribution in [0.15, 0.2) is 23.4 Å². The van der Waals surface area contributed by atoms with Crippen LogP contribution in [0.5, 0.6) is 5.75 Å². The number of nitrogens with two attached hydrogens (primary N) is 1. The van der Waals surface area contributed by atoms with Gasteiger partial charge in [-0.05, 0) is 55.2 Å². The summed E-state index contributed by atoms with van der Waals surface area (Å²) in [6, 6.07) is 5.01. The van der Waals surface area contributed by atoms with Crippen LogP contribution in [-0.4, -0.2) is 18.9 Å². The number of carbonyl (C=O) groups excluding carboxylic acids is 1. The Bertz CT molecular complexity index is 632. The highest BCUT2D eigenvalue weighted by atomic mass is 35.5. The predicted molar refractivity (Wildman–Crippen MR) is 88.4 cm³/mol. The smallest absolute Gasteiger partial charge is 0.335 e. The largest absolute Gasteiger partial charge is 0.496 e. The lowest BCUT2D eigenvalue weighted by molar-refractivity contribution is -0.145. The minimum absolute atomic E-state index is 0.0747.